The molecule has 220 valence electrons. The van der Waals surface area contributed by atoms with Crippen molar-refractivity contribution < 1.29 is 28.6 Å². The summed E-state index contributed by atoms with van der Waals surface area (Å²) in [7, 11) is 0. The Balaban J connectivity index is 1.56. The highest BCUT2D eigenvalue weighted by atomic mass is 16.6. The second kappa shape index (κ2) is 12.2. The molecule has 0 bridgehead atoms. The number of hydrogen-bond donors (Lipinski definition) is 0. The number of ether oxygens (including phenoxy) is 3. The average molecular weight is 565 g/mol. The molecule has 2 heterocycles. The van der Waals surface area contributed by atoms with Crippen molar-refractivity contribution in [1.82, 2.24) is 19.6 Å². The molecular formula is C31H40N4O6. The number of aromatic nitrogens is 2. The van der Waals surface area contributed by atoms with Gasteiger partial charge in [0.05, 0.1) is 11.7 Å². The summed E-state index contributed by atoms with van der Waals surface area (Å²) in [5.74, 6) is -0.121. The zero-order valence-electron chi connectivity index (χ0n) is 24.8. The number of fused-ring (bicyclic) bond motifs is 1. The van der Waals surface area contributed by atoms with Crippen LogP contribution in [0, 0.1) is 5.92 Å². The minimum atomic E-state index is -0.656. The average Bonchev–Trinajstić information content (AvgIpc) is 3.21. The van der Waals surface area contributed by atoms with Gasteiger partial charge in [-0.2, -0.15) is 9.78 Å². The fourth-order valence-corrected chi connectivity index (χ4v) is 4.75. The molecule has 2 aromatic carbocycles. The summed E-state index contributed by atoms with van der Waals surface area (Å²) < 4.78 is 18.1. The van der Waals surface area contributed by atoms with Gasteiger partial charge >= 0.3 is 18.3 Å². The van der Waals surface area contributed by atoms with Gasteiger partial charge in [0.15, 0.2) is 0 Å². The number of amides is 2. The molecule has 41 heavy (non-hydrogen) atoms. The van der Waals surface area contributed by atoms with Gasteiger partial charge in [-0.1, -0.05) is 42.5 Å². The lowest BCUT2D eigenvalue weighted by Crippen LogP contribution is -2.40. The molecule has 2 amide bonds. The predicted octanol–water partition coefficient (Wildman–Crippen LogP) is 5.87. The van der Waals surface area contributed by atoms with Crippen LogP contribution in [0.5, 0.6) is 0 Å². The van der Waals surface area contributed by atoms with Crippen LogP contribution in [0.1, 0.15) is 52.7 Å². The minimum absolute atomic E-state index is 0.121. The first-order chi connectivity index (χ1) is 19.3. The molecule has 1 aliphatic heterocycles. The van der Waals surface area contributed by atoms with Crippen LogP contribution >= 0.6 is 0 Å². The second-order valence-corrected chi connectivity index (χ2v) is 12.4. The molecule has 0 radical (unpaired) electrons. The molecule has 0 spiro atoms. The molecule has 1 saturated heterocycles. The van der Waals surface area contributed by atoms with Crippen molar-refractivity contribution in [3.05, 3.63) is 65.9 Å². The van der Waals surface area contributed by atoms with Crippen LogP contribution < -0.4 is 0 Å². The van der Waals surface area contributed by atoms with Crippen molar-refractivity contribution in [1.29, 1.82) is 0 Å². The molecule has 3 aromatic rings. The van der Waals surface area contributed by atoms with Crippen LogP contribution in [0.15, 0.2) is 54.7 Å². The smallest absolute Gasteiger partial charge is 0.435 e. The summed E-state index contributed by atoms with van der Waals surface area (Å²) in [6, 6.07) is 15.2. The van der Waals surface area contributed by atoms with E-state index in [9.17, 15) is 14.4 Å². The predicted molar refractivity (Wildman–Crippen MR) is 155 cm³/mol. The van der Waals surface area contributed by atoms with Gasteiger partial charge in [-0.25, -0.2) is 14.4 Å². The highest BCUT2D eigenvalue weighted by molar-refractivity contribution is 5.89. The SMILES string of the molecule is CC(C)(C)OC(=O)N1CCN(C(=O)OCc2ccccc2)CC(Cc2cccc3c2cnn3C(=O)OC(C)(C)C)C1. The molecule has 0 saturated carbocycles. The first-order valence-electron chi connectivity index (χ1n) is 13.9. The van der Waals surface area contributed by atoms with E-state index in [1.807, 2.05) is 69.3 Å². The first-order valence-corrected chi connectivity index (χ1v) is 13.9. The van der Waals surface area contributed by atoms with Gasteiger partial charge < -0.3 is 24.0 Å². The number of carbonyl (C=O) groups excluding carboxylic acids is 3. The van der Waals surface area contributed by atoms with Gasteiger partial charge in [0.1, 0.15) is 17.8 Å². The Hall–Kier alpha value is -4.08. The summed E-state index contributed by atoms with van der Waals surface area (Å²) in [6.07, 6.45) is 0.795. The largest absolute Gasteiger partial charge is 0.445 e. The van der Waals surface area contributed by atoms with Crippen molar-refractivity contribution in [3.63, 3.8) is 0 Å². The van der Waals surface area contributed by atoms with Crippen LogP contribution in [0.4, 0.5) is 14.4 Å². The lowest BCUT2D eigenvalue weighted by molar-refractivity contribution is 0.0238. The van der Waals surface area contributed by atoms with Gasteiger partial charge in [0.2, 0.25) is 0 Å². The topological polar surface area (TPSA) is 103 Å². The van der Waals surface area contributed by atoms with Crippen molar-refractivity contribution in [3.8, 4) is 0 Å². The number of hydrogen-bond acceptors (Lipinski definition) is 7. The molecular weight excluding hydrogens is 524 g/mol. The van der Waals surface area contributed by atoms with Gasteiger partial charge in [-0.15, -0.1) is 0 Å². The molecule has 1 unspecified atom stereocenters. The fraction of sp³-hybridized carbons (Fsp3) is 0.484. The van der Waals surface area contributed by atoms with E-state index in [1.165, 1.54) is 4.68 Å². The Morgan fingerprint density at radius 3 is 2.05 bits per heavy atom. The van der Waals surface area contributed by atoms with Crippen molar-refractivity contribution in [2.45, 2.75) is 65.8 Å². The molecule has 1 atom stereocenters. The van der Waals surface area contributed by atoms with E-state index < -0.39 is 29.5 Å². The maximum atomic E-state index is 13.1. The van der Waals surface area contributed by atoms with Crippen molar-refractivity contribution in [2.75, 3.05) is 26.2 Å². The van der Waals surface area contributed by atoms with E-state index in [0.29, 0.717) is 38.1 Å². The third-order valence-corrected chi connectivity index (χ3v) is 6.49. The summed E-state index contributed by atoms with van der Waals surface area (Å²) in [5.41, 5.74) is 1.18. The maximum absolute atomic E-state index is 13.1. The lowest BCUT2D eigenvalue weighted by Gasteiger charge is -2.28. The molecule has 1 fully saturated rings. The molecule has 0 aliphatic carbocycles. The third kappa shape index (κ3) is 8.22. The summed E-state index contributed by atoms with van der Waals surface area (Å²) >= 11 is 0. The Kier molecular flexibility index (Phi) is 8.89. The maximum Gasteiger partial charge on any atom is 0.435 e. The zero-order chi connectivity index (χ0) is 29.8. The minimum Gasteiger partial charge on any atom is -0.445 e. The van der Waals surface area contributed by atoms with E-state index in [0.717, 1.165) is 16.5 Å². The molecule has 10 nitrogen and oxygen atoms in total. The van der Waals surface area contributed by atoms with E-state index in [4.69, 9.17) is 14.2 Å². The van der Waals surface area contributed by atoms with Gasteiger partial charge in [0, 0.05) is 31.6 Å². The quantitative estimate of drug-likeness (QED) is 0.365. The Morgan fingerprint density at radius 2 is 1.41 bits per heavy atom. The van der Waals surface area contributed by atoms with E-state index in [2.05, 4.69) is 5.10 Å². The van der Waals surface area contributed by atoms with Crippen LogP contribution in [-0.2, 0) is 27.2 Å². The Morgan fingerprint density at radius 1 is 0.805 bits per heavy atom. The van der Waals surface area contributed by atoms with Gasteiger partial charge in [-0.05, 0) is 71.1 Å². The highest BCUT2D eigenvalue weighted by Crippen LogP contribution is 2.25. The molecule has 0 N–H and O–H groups in total. The summed E-state index contributed by atoms with van der Waals surface area (Å²) in [5, 5.41) is 5.11. The van der Waals surface area contributed by atoms with Crippen molar-refractivity contribution >= 4 is 29.2 Å². The lowest BCUT2D eigenvalue weighted by atomic mass is 9.96. The zero-order valence-corrected chi connectivity index (χ0v) is 24.8. The highest BCUT2D eigenvalue weighted by Gasteiger charge is 2.32. The van der Waals surface area contributed by atoms with E-state index in [1.54, 1.807) is 36.8 Å². The van der Waals surface area contributed by atoms with Gasteiger partial charge in [-0.3, -0.25) is 0 Å². The monoisotopic (exact) mass is 564 g/mol. The van der Waals surface area contributed by atoms with E-state index >= 15 is 0 Å². The molecule has 1 aliphatic rings. The Labute approximate surface area is 241 Å². The van der Waals surface area contributed by atoms with Crippen LogP contribution in [0.3, 0.4) is 0 Å². The van der Waals surface area contributed by atoms with Crippen LogP contribution in [0.25, 0.3) is 10.9 Å². The summed E-state index contributed by atoms with van der Waals surface area (Å²) in [4.78, 5) is 42.3. The summed E-state index contributed by atoms with van der Waals surface area (Å²) in [6.45, 7) is 12.5. The number of nitrogens with zero attached hydrogens (tertiary/aromatic N) is 4. The number of benzene rings is 2. The van der Waals surface area contributed by atoms with Crippen molar-refractivity contribution in [2.24, 2.45) is 5.92 Å². The van der Waals surface area contributed by atoms with Crippen LogP contribution in [-0.4, -0.2) is 75.2 Å². The Bertz CT molecular complexity index is 1370. The number of rotatable bonds is 4. The fourth-order valence-electron chi connectivity index (χ4n) is 4.75. The first kappa shape index (κ1) is 29.9. The number of carbonyl (C=O) groups is 3. The molecule has 1 aromatic heterocycles. The van der Waals surface area contributed by atoms with Crippen LogP contribution in [0.2, 0.25) is 0 Å². The normalized spacial score (nSPS) is 16.3. The second-order valence-electron chi connectivity index (χ2n) is 12.4. The van der Waals surface area contributed by atoms with E-state index in [-0.39, 0.29) is 12.5 Å². The standard InChI is InChI=1S/C31H40N4O6/c1-30(2,3)40-28(37)34-16-15-33(27(36)39-21-22-11-8-7-9-12-22)19-23(20-34)17-24-13-10-14-26-25(24)18-32-35(26)29(38)41-31(4,5)6/h7-14,18,23H,15-17,19-21H2,1-6H3. The van der Waals surface area contributed by atoms with Gasteiger partial charge in [0.25, 0.3) is 0 Å². The third-order valence-electron chi connectivity index (χ3n) is 6.49. The molecule has 4 rings (SSSR count). The molecule has 10 heteroatoms.